The van der Waals surface area contributed by atoms with Crippen LogP contribution in [0.4, 0.5) is 0 Å². The molecular formula is C14H21NO2S. The van der Waals surface area contributed by atoms with Crippen LogP contribution in [0.5, 0.6) is 0 Å². The van der Waals surface area contributed by atoms with Crippen molar-refractivity contribution in [2.75, 3.05) is 11.5 Å². The van der Waals surface area contributed by atoms with Crippen molar-refractivity contribution >= 4 is 9.84 Å². The van der Waals surface area contributed by atoms with Crippen LogP contribution in [0.3, 0.4) is 0 Å². The van der Waals surface area contributed by atoms with Crippen molar-refractivity contribution in [1.82, 2.24) is 0 Å². The van der Waals surface area contributed by atoms with E-state index in [4.69, 9.17) is 5.73 Å². The molecule has 1 aromatic rings. The molecule has 0 radical (unpaired) electrons. The highest BCUT2D eigenvalue weighted by atomic mass is 32.2. The van der Waals surface area contributed by atoms with Gasteiger partial charge >= 0.3 is 0 Å². The Morgan fingerprint density at radius 3 is 2.61 bits per heavy atom. The van der Waals surface area contributed by atoms with Crippen LogP contribution < -0.4 is 5.73 Å². The molecule has 0 bridgehead atoms. The van der Waals surface area contributed by atoms with Crippen LogP contribution in [0.1, 0.15) is 30.9 Å². The Balaban J connectivity index is 2.07. The quantitative estimate of drug-likeness (QED) is 0.903. The van der Waals surface area contributed by atoms with Gasteiger partial charge < -0.3 is 5.73 Å². The highest BCUT2D eigenvalue weighted by Crippen LogP contribution is 2.29. The van der Waals surface area contributed by atoms with Crippen molar-refractivity contribution in [2.45, 2.75) is 38.1 Å². The van der Waals surface area contributed by atoms with Gasteiger partial charge in [0.2, 0.25) is 0 Å². The molecule has 0 aromatic heterocycles. The summed E-state index contributed by atoms with van der Waals surface area (Å²) in [7, 11) is -2.91. The molecule has 3 nitrogen and oxygen atoms in total. The first-order chi connectivity index (χ1) is 8.44. The van der Waals surface area contributed by atoms with Gasteiger partial charge in [-0.2, -0.15) is 0 Å². The first-order valence-corrected chi connectivity index (χ1v) is 8.32. The topological polar surface area (TPSA) is 60.2 Å². The number of rotatable bonds is 4. The number of benzene rings is 1. The summed E-state index contributed by atoms with van der Waals surface area (Å²) in [5, 5.41) is 0. The summed E-state index contributed by atoms with van der Waals surface area (Å²) in [5.74, 6) is 0.418. The number of hydrogen-bond donors (Lipinski definition) is 1. The maximum atomic E-state index is 11.6. The van der Waals surface area contributed by atoms with Crippen LogP contribution in [-0.4, -0.2) is 25.5 Å². The van der Waals surface area contributed by atoms with Gasteiger partial charge in [-0.05, 0) is 36.8 Å². The van der Waals surface area contributed by atoms with E-state index in [1.165, 1.54) is 11.1 Å². The predicted molar refractivity (Wildman–Crippen MR) is 74.3 cm³/mol. The van der Waals surface area contributed by atoms with E-state index in [-0.39, 0.29) is 17.0 Å². The van der Waals surface area contributed by atoms with Gasteiger partial charge in [-0.25, -0.2) is 8.42 Å². The first kappa shape index (κ1) is 13.6. The van der Waals surface area contributed by atoms with Crippen molar-refractivity contribution in [1.29, 1.82) is 0 Å². The Labute approximate surface area is 109 Å². The number of nitrogens with two attached hydrogens (primary N) is 1. The van der Waals surface area contributed by atoms with Gasteiger partial charge in [-0.3, -0.25) is 0 Å². The summed E-state index contributed by atoms with van der Waals surface area (Å²) in [6.45, 7) is 1.69. The maximum Gasteiger partial charge on any atom is 0.150 e. The van der Waals surface area contributed by atoms with E-state index in [1.807, 2.05) is 12.1 Å². The van der Waals surface area contributed by atoms with Crippen LogP contribution >= 0.6 is 0 Å². The highest BCUT2D eigenvalue weighted by molar-refractivity contribution is 7.91. The van der Waals surface area contributed by atoms with E-state index in [2.05, 4.69) is 12.1 Å². The Hall–Kier alpha value is -0.870. The average Bonchev–Trinajstić information content (AvgIpc) is 2.37. The first-order valence-electron chi connectivity index (χ1n) is 6.50. The monoisotopic (exact) mass is 267 g/mol. The number of hydrogen-bond acceptors (Lipinski definition) is 3. The lowest BCUT2D eigenvalue weighted by Crippen LogP contribution is -2.46. The maximum absolute atomic E-state index is 11.6. The molecular weight excluding hydrogens is 246 g/mol. The number of fused-ring (bicyclic) bond motifs is 1. The molecule has 0 aliphatic heterocycles. The third-order valence-electron chi connectivity index (χ3n) is 3.90. The van der Waals surface area contributed by atoms with Crippen LogP contribution in [0.2, 0.25) is 0 Å². The fraction of sp³-hybridized carbons (Fsp3) is 0.571. The molecule has 1 aromatic carbocycles. The lowest BCUT2D eigenvalue weighted by Gasteiger charge is -2.34. The van der Waals surface area contributed by atoms with E-state index in [1.54, 1.807) is 6.92 Å². The van der Waals surface area contributed by atoms with Crippen LogP contribution in [0.15, 0.2) is 24.3 Å². The zero-order valence-corrected chi connectivity index (χ0v) is 11.7. The summed E-state index contributed by atoms with van der Waals surface area (Å²) >= 11 is 0. The van der Waals surface area contributed by atoms with Gasteiger partial charge in [0.25, 0.3) is 0 Å². The molecule has 2 rings (SSSR count). The average molecular weight is 267 g/mol. The molecule has 2 N–H and O–H groups in total. The van der Waals surface area contributed by atoms with E-state index in [0.29, 0.717) is 6.42 Å². The molecule has 1 unspecified atom stereocenters. The fourth-order valence-corrected chi connectivity index (χ4v) is 3.55. The number of sulfone groups is 1. The molecule has 18 heavy (non-hydrogen) atoms. The Morgan fingerprint density at radius 2 is 1.94 bits per heavy atom. The summed E-state index contributed by atoms with van der Waals surface area (Å²) in [5.41, 5.74) is 8.66. The Kier molecular flexibility index (Phi) is 3.78. The third-order valence-corrected chi connectivity index (χ3v) is 5.61. The molecule has 0 heterocycles. The third kappa shape index (κ3) is 3.12. The predicted octanol–water partition coefficient (Wildman–Crippen LogP) is 1.70. The molecule has 100 valence electrons. The summed E-state index contributed by atoms with van der Waals surface area (Å²) in [6, 6.07) is 8.30. The number of aryl methyl sites for hydroxylation is 1. The fourth-order valence-electron chi connectivity index (χ4n) is 2.54. The Bertz CT molecular complexity index is 524. The zero-order chi connectivity index (χ0) is 13.2. The van der Waals surface area contributed by atoms with Crippen LogP contribution in [0, 0.1) is 0 Å². The van der Waals surface area contributed by atoms with E-state index >= 15 is 0 Å². The van der Waals surface area contributed by atoms with Crippen molar-refractivity contribution in [3.05, 3.63) is 35.4 Å². The molecule has 0 spiro atoms. The zero-order valence-electron chi connectivity index (χ0n) is 10.9. The SMILES string of the molecule is CCS(=O)(=O)CCC1(N)CCc2ccccc2C1. The standard InChI is InChI=1S/C14H21NO2S/c1-2-18(16,17)10-9-14(15)8-7-12-5-3-4-6-13(12)11-14/h3-6H,2,7-11,15H2,1H3. The molecule has 0 saturated heterocycles. The summed E-state index contributed by atoms with van der Waals surface area (Å²) in [6.07, 6.45) is 3.20. The Morgan fingerprint density at radius 1 is 1.28 bits per heavy atom. The minimum Gasteiger partial charge on any atom is -0.325 e. The van der Waals surface area contributed by atoms with Gasteiger partial charge in [-0.1, -0.05) is 31.2 Å². The van der Waals surface area contributed by atoms with Crippen LogP contribution in [0.25, 0.3) is 0 Å². The molecule has 1 aliphatic rings. The second kappa shape index (κ2) is 5.02. The molecule has 0 amide bonds. The van der Waals surface area contributed by atoms with Crippen LogP contribution in [-0.2, 0) is 22.7 Å². The molecule has 0 fully saturated rings. The lowest BCUT2D eigenvalue weighted by molar-refractivity contribution is 0.360. The normalized spacial score (nSPS) is 23.7. The summed E-state index contributed by atoms with van der Waals surface area (Å²) in [4.78, 5) is 0. The second-order valence-electron chi connectivity index (χ2n) is 5.29. The molecule has 4 heteroatoms. The van der Waals surface area contributed by atoms with Gasteiger partial charge in [0.15, 0.2) is 0 Å². The summed E-state index contributed by atoms with van der Waals surface area (Å²) < 4.78 is 23.1. The van der Waals surface area contributed by atoms with Crippen molar-refractivity contribution in [3.8, 4) is 0 Å². The minimum atomic E-state index is -2.91. The molecule has 0 saturated carbocycles. The lowest BCUT2D eigenvalue weighted by atomic mass is 9.77. The van der Waals surface area contributed by atoms with Gasteiger partial charge in [0.05, 0.1) is 5.75 Å². The van der Waals surface area contributed by atoms with Gasteiger partial charge in [-0.15, -0.1) is 0 Å². The largest absolute Gasteiger partial charge is 0.325 e. The minimum absolute atomic E-state index is 0.208. The molecule has 1 aliphatic carbocycles. The van der Waals surface area contributed by atoms with Crippen molar-refractivity contribution in [3.63, 3.8) is 0 Å². The van der Waals surface area contributed by atoms with Gasteiger partial charge in [0, 0.05) is 11.3 Å². The smallest absolute Gasteiger partial charge is 0.150 e. The van der Waals surface area contributed by atoms with Crippen molar-refractivity contribution in [2.24, 2.45) is 5.73 Å². The van der Waals surface area contributed by atoms with E-state index in [0.717, 1.165) is 19.3 Å². The highest BCUT2D eigenvalue weighted by Gasteiger charge is 2.31. The second-order valence-corrected chi connectivity index (χ2v) is 7.77. The van der Waals surface area contributed by atoms with E-state index < -0.39 is 9.84 Å². The molecule has 1 atom stereocenters. The van der Waals surface area contributed by atoms with E-state index in [9.17, 15) is 8.42 Å². The van der Waals surface area contributed by atoms with Crippen molar-refractivity contribution < 1.29 is 8.42 Å². The van der Waals surface area contributed by atoms with Gasteiger partial charge in [0.1, 0.15) is 9.84 Å².